The molecule has 126 valence electrons. The number of hydrogen-bond donors (Lipinski definition) is 1. The molecule has 3 heterocycles. The summed E-state index contributed by atoms with van der Waals surface area (Å²) < 4.78 is 2.12. The van der Waals surface area contributed by atoms with Crippen LogP contribution in [0.1, 0.15) is 0 Å². The Morgan fingerprint density at radius 3 is 2.54 bits per heavy atom. The number of pyridine rings is 1. The summed E-state index contributed by atoms with van der Waals surface area (Å²) in [4.78, 5) is 8.19. The largest absolute Gasteiger partial charge is 0.338 e. The quantitative estimate of drug-likeness (QED) is 0.376. The van der Waals surface area contributed by atoms with E-state index in [1.165, 1.54) is 0 Å². The summed E-state index contributed by atoms with van der Waals surface area (Å²) in [5, 5.41) is 1.23. The lowest BCUT2D eigenvalue weighted by Crippen LogP contribution is -1.91. The molecule has 5 rings (SSSR count). The van der Waals surface area contributed by atoms with Crippen LogP contribution in [0.4, 0.5) is 0 Å². The fourth-order valence-electron chi connectivity index (χ4n) is 3.34. The summed E-state index contributed by atoms with van der Waals surface area (Å²) in [5.41, 5.74) is 5.91. The van der Waals surface area contributed by atoms with Crippen molar-refractivity contribution in [3.63, 3.8) is 0 Å². The highest BCUT2D eigenvalue weighted by molar-refractivity contribution is 6.36. The van der Waals surface area contributed by atoms with Crippen LogP contribution in [-0.2, 0) is 0 Å². The van der Waals surface area contributed by atoms with Crippen molar-refractivity contribution in [3.05, 3.63) is 83.0 Å². The van der Waals surface area contributed by atoms with E-state index in [1.807, 2.05) is 54.7 Å². The Kier molecular flexibility index (Phi) is 3.52. The number of benzene rings is 2. The number of nitrogens with one attached hydrogen (secondary N) is 1. The van der Waals surface area contributed by atoms with Crippen molar-refractivity contribution in [3.8, 4) is 22.6 Å². The number of imidazole rings is 1. The summed E-state index contributed by atoms with van der Waals surface area (Å²) in [6.07, 6.45) is 2.03. The topological polar surface area (TPSA) is 33.1 Å². The number of rotatable bonds is 2. The van der Waals surface area contributed by atoms with Gasteiger partial charge in [-0.15, -0.1) is 0 Å². The zero-order valence-corrected chi connectivity index (χ0v) is 15.1. The second-order valence-electron chi connectivity index (χ2n) is 6.13. The fourth-order valence-corrected chi connectivity index (χ4v) is 3.84. The van der Waals surface area contributed by atoms with Crippen LogP contribution in [0.5, 0.6) is 0 Å². The Bertz CT molecular complexity index is 1230. The number of halogens is 2. The van der Waals surface area contributed by atoms with Crippen molar-refractivity contribution in [1.29, 1.82) is 0 Å². The number of nitrogens with zero attached hydrogens (tertiary/aromatic N) is 2. The molecule has 0 unspecified atom stereocenters. The normalized spacial score (nSPS) is 11.5. The van der Waals surface area contributed by atoms with E-state index in [4.69, 9.17) is 28.2 Å². The van der Waals surface area contributed by atoms with E-state index in [0.29, 0.717) is 10.0 Å². The van der Waals surface area contributed by atoms with Crippen molar-refractivity contribution in [1.82, 2.24) is 14.4 Å². The van der Waals surface area contributed by atoms with Gasteiger partial charge in [0.2, 0.25) is 0 Å². The smallest absolute Gasteiger partial charge is 0.140 e. The maximum atomic E-state index is 6.53. The Hall–Kier alpha value is -2.75. The van der Waals surface area contributed by atoms with Gasteiger partial charge in [-0.2, -0.15) is 0 Å². The van der Waals surface area contributed by atoms with Crippen LogP contribution in [0.15, 0.2) is 72.9 Å². The molecular formula is C21H13Cl2N3. The molecular weight excluding hydrogens is 365 g/mol. The molecule has 5 heteroatoms. The summed E-state index contributed by atoms with van der Waals surface area (Å²) in [7, 11) is 0. The third-order valence-electron chi connectivity index (χ3n) is 4.51. The zero-order valence-electron chi connectivity index (χ0n) is 13.6. The summed E-state index contributed by atoms with van der Waals surface area (Å²) in [5.74, 6) is 0.816. The summed E-state index contributed by atoms with van der Waals surface area (Å²) in [6.45, 7) is 0. The van der Waals surface area contributed by atoms with Crippen LogP contribution in [-0.4, -0.2) is 14.4 Å². The lowest BCUT2D eigenvalue weighted by atomic mass is 10.1. The second-order valence-corrected chi connectivity index (χ2v) is 6.97. The minimum atomic E-state index is 0.610. The first kappa shape index (κ1) is 15.5. The van der Waals surface area contributed by atoms with Gasteiger partial charge in [0.1, 0.15) is 5.82 Å². The molecule has 26 heavy (non-hydrogen) atoms. The standard InChI is InChI=1S/C21H13Cl2N3/c22-13-8-9-15(17(23)11-13)20-16(12-14-5-3-4-10-26(14)20)21-24-18-6-1-2-7-19(18)25-21/h1-12H,(H,24,25). The first-order valence-corrected chi connectivity index (χ1v) is 8.97. The Labute approximate surface area is 159 Å². The maximum absolute atomic E-state index is 6.53. The number of H-pyrrole nitrogens is 1. The molecule has 5 aromatic rings. The minimum Gasteiger partial charge on any atom is -0.338 e. The molecule has 0 saturated heterocycles. The van der Waals surface area contributed by atoms with Crippen molar-refractivity contribution < 1.29 is 0 Å². The van der Waals surface area contributed by atoms with Crippen molar-refractivity contribution >= 4 is 39.8 Å². The second kappa shape index (κ2) is 5.90. The van der Waals surface area contributed by atoms with E-state index in [9.17, 15) is 0 Å². The minimum absolute atomic E-state index is 0.610. The molecule has 0 aliphatic rings. The molecule has 3 aromatic heterocycles. The van der Waals surface area contributed by atoms with E-state index >= 15 is 0 Å². The SMILES string of the molecule is Clc1ccc(-c2c(-c3nc4ccccc4[nH]3)cc3ccccn23)c(Cl)c1. The number of aromatic nitrogens is 3. The average Bonchev–Trinajstić information content (AvgIpc) is 3.23. The molecule has 3 nitrogen and oxygen atoms in total. The molecule has 0 spiro atoms. The van der Waals surface area contributed by atoms with Gasteiger partial charge < -0.3 is 9.38 Å². The zero-order chi connectivity index (χ0) is 17.7. The fraction of sp³-hybridized carbons (Fsp3) is 0. The third kappa shape index (κ3) is 2.40. The summed E-state index contributed by atoms with van der Waals surface area (Å²) >= 11 is 12.6. The Balaban J connectivity index is 1.85. The summed E-state index contributed by atoms with van der Waals surface area (Å²) in [6, 6.07) is 21.8. The lowest BCUT2D eigenvalue weighted by Gasteiger charge is -2.08. The highest BCUT2D eigenvalue weighted by Gasteiger charge is 2.18. The first-order chi connectivity index (χ1) is 12.7. The first-order valence-electron chi connectivity index (χ1n) is 8.21. The van der Waals surface area contributed by atoms with Gasteiger partial charge in [0.15, 0.2) is 0 Å². The molecule has 0 fully saturated rings. The van der Waals surface area contributed by atoms with Gasteiger partial charge in [0.25, 0.3) is 0 Å². The lowest BCUT2D eigenvalue weighted by molar-refractivity contribution is 1.20. The predicted molar refractivity (Wildman–Crippen MR) is 108 cm³/mol. The number of fused-ring (bicyclic) bond motifs is 2. The predicted octanol–water partition coefficient (Wildman–Crippen LogP) is 6.46. The van der Waals surface area contributed by atoms with Crippen molar-refractivity contribution in [2.24, 2.45) is 0 Å². The molecule has 1 N–H and O–H groups in total. The third-order valence-corrected chi connectivity index (χ3v) is 5.06. The monoisotopic (exact) mass is 377 g/mol. The molecule has 0 amide bonds. The average molecular weight is 378 g/mol. The number of aromatic amines is 1. The van der Waals surface area contributed by atoms with Crippen LogP contribution in [0.3, 0.4) is 0 Å². The number of hydrogen-bond acceptors (Lipinski definition) is 1. The highest BCUT2D eigenvalue weighted by Crippen LogP contribution is 2.38. The van der Waals surface area contributed by atoms with Gasteiger partial charge in [-0.25, -0.2) is 4.98 Å². The molecule has 0 aliphatic carbocycles. The van der Waals surface area contributed by atoms with Crippen molar-refractivity contribution in [2.75, 3.05) is 0 Å². The molecule has 2 aromatic carbocycles. The maximum Gasteiger partial charge on any atom is 0.140 e. The van der Waals surface area contributed by atoms with E-state index in [2.05, 4.69) is 21.5 Å². The van der Waals surface area contributed by atoms with Gasteiger partial charge in [0, 0.05) is 27.9 Å². The van der Waals surface area contributed by atoms with Crippen LogP contribution >= 0.6 is 23.2 Å². The van der Waals surface area contributed by atoms with Gasteiger partial charge >= 0.3 is 0 Å². The highest BCUT2D eigenvalue weighted by atomic mass is 35.5. The molecule has 0 bridgehead atoms. The molecule has 0 aliphatic heterocycles. The molecule has 0 radical (unpaired) electrons. The number of para-hydroxylation sites is 2. The van der Waals surface area contributed by atoms with Crippen LogP contribution in [0.25, 0.3) is 39.2 Å². The van der Waals surface area contributed by atoms with E-state index in [1.54, 1.807) is 6.07 Å². The van der Waals surface area contributed by atoms with Gasteiger partial charge in [0.05, 0.1) is 21.7 Å². The van der Waals surface area contributed by atoms with E-state index in [-0.39, 0.29) is 0 Å². The van der Waals surface area contributed by atoms with Gasteiger partial charge in [-0.05, 0) is 48.5 Å². The van der Waals surface area contributed by atoms with Crippen molar-refractivity contribution in [2.45, 2.75) is 0 Å². The molecule has 0 saturated carbocycles. The van der Waals surface area contributed by atoms with Gasteiger partial charge in [-0.1, -0.05) is 41.4 Å². The Morgan fingerprint density at radius 1 is 0.846 bits per heavy atom. The molecule has 0 atom stereocenters. The Morgan fingerprint density at radius 2 is 1.69 bits per heavy atom. The van der Waals surface area contributed by atoms with E-state index < -0.39 is 0 Å². The van der Waals surface area contributed by atoms with E-state index in [0.717, 1.165) is 39.2 Å². The van der Waals surface area contributed by atoms with Crippen LogP contribution < -0.4 is 0 Å². The van der Waals surface area contributed by atoms with Crippen LogP contribution in [0.2, 0.25) is 10.0 Å². The van der Waals surface area contributed by atoms with Crippen LogP contribution in [0, 0.1) is 0 Å². The van der Waals surface area contributed by atoms with Gasteiger partial charge in [-0.3, -0.25) is 0 Å².